The second-order valence-corrected chi connectivity index (χ2v) is 4.89. The van der Waals surface area contributed by atoms with Crippen LogP contribution in [-0.4, -0.2) is 32.8 Å². The van der Waals surface area contributed by atoms with Gasteiger partial charge in [-0.1, -0.05) is 12.1 Å². The zero-order chi connectivity index (χ0) is 12.8. The SMILES string of the molecule is CCN(CCOC)c1ccc(CNC2CC2)cc1. The maximum Gasteiger partial charge on any atom is 0.0637 e. The number of anilines is 1. The smallest absolute Gasteiger partial charge is 0.0637 e. The number of ether oxygens (including phenoxy) is 1. The van der Waals surface area contributed by atoms with Gasteiger partial charge in [0.25, 0.3) is 0 Å². The first-order valence-electron chi connectivity index (χ1n) is 6.89. The van der Waals surface area contributed by atoms with Crippen LogP contribution in [0.4, 0.5) is 5.69 Å². The van der Waals surface area contributed by atoms with E-state index in [4.69, 9.17) is 4.74 Å². The van der Waals surface area contributed by atoms with Crippen LogP contribution in [0.1, 0.15) is 25.3 Å². The summed E-state index contributed by atoms with van der Waals surface area (Å²) >= 11 is 0. The molecule has 0 aliphatic heterocycles. The third-order valence-electron chi connectivity index (χ3n) is 3.42. The average molecular weight is 248 g/mol. The molecular weight excluding hydrogens is 224 g/mol. The van der Waals surface area contributed by atoms with Crippen LogP contribution in [0.5, 0.6) is 0 Å². The normalized spacial score (nSPS) is 14.8. The quantitative estimate of drug-likeness (QED) is 0.764. The van der Waals surface area contributed by atoms with Gasteiger partial charge in [-0.15, -0.1) is 0 Å². The molecule has 1 N–H and O–H groups in total. The van der Waals surface area contributed by atoms with Gasteiger partial charge >= 0.3 is 0 Å². The number of likely N-dealkylation sites (N-methyl/N-ethyl adjacent to an activating group) is 1. The van der Waals surface area contributed by atoms with Gasteiger partial charge in [-0.05, 0) is 37.5 Å². The van der Waals surface area contributed by atoms with Crippen molar-refractivity contribution < 1.29 is 4.74 Å². The maximum absolute atomic E-state index is 5.14. The minimum atomic E-state index is 0.776. The fourth-order valence-electron chi connectivity index (χ4n) is 2.05. The predicted molar refractivity (Wildman–Crippen MR) is 76.1 cm³/mol. The van der Waals surface area contributed by atoms with E-state index < -0.39 is 0 Å². The highest BCUT2D eigenvalue weighted by atomic mass is 16.5. The average Bonchev–Trinajstić information content (AvgIpc) is 3.23. The van der Waals surface area contributed by atoms with Crippen LogP contribution < -0.4 is 10.2 Å². The van der Waals surface area contributed by atoms with Crippen molar-refractivity contribution in [3.8, 4) is 0 Å². The van der Waals surface area contributed by atoms with Crippen LogP contribution in [0.2, 0.25) is 0 Å². The monoisotopic (exact) mass is 248 g/mol. The molecule has 3 nitrogen and oxygen atoms in total. The molecular formula is C15H24N2O. The highest BCUT2D eigenvalue weighted by molar-refractivity contribution is 5.47. The Bertz CT molecular complexity index is 346. The van der Waals surface area contributed by atoms with E-state index in [1.54, 1.807) is 7.11 Å². The van der Waals surface area contributed by atoms with E-state index in [0.29, 0.717) is 0 Å². The molecule has 0 bridgehead atoms. The molecule has 0 unspecified atom stereocenters. The molecule has 1 fully saturated rings. The minimum absolute atomic E-state index is 0.776. The standard InChI is InChI=1S/C15H24N2O/c1-3-17(10-11-18-2)15-8-4-13(5-9-15)12-16-14-6-7-14/h4-5,8-9,14,16H,3,6-7,10-12H2,1-2H3. The van der Waals surface area contributed by atoms with Crippen molar-refractivity contribution >= 4 is 5.69 Å². The van der Waals surface area contributed by atoms with Gasteiger partial charge in [0.2, 0.25) is 0 Å². The summed E-state index contributed by atoms with van der Waals surface area (Å²) in [6.45, 7) is 5.92. The number of hydrogen-bond acceptors (Lipinski definition) is 3. The van der Waals surface area contributed by atoms with E-state index in [1.807, 2.05) is 0 Å². The van der Waals surface area contributed by atoms with Crippen molar-refractivity contribution in [1.29, 1.82) is 0 Å². The van der Waals surface area contributed by atoms with E-state index >= 15 is 0 Å². The van der Waals surface area contributed by atoms with E-state index in [2.05, 4.69) is 41.4 Å². The van der Waals surface area contributed by atoms with Crippen LogP contribution in [-0.2, 0) is 11.3 Å². The molecule has 1 aromatic rings. The molecule has 0 atom stereocenters. The molecule has 1 aliphatic rings. The fraction of sp³-hybridized carbons (Fsp3) is 0.600. The van der Waals surface area contributed by atoms with Gasteiger partial charge in [0, 0.05) is 38.5 Å². The lowest BCUT2D eigenvalue weighted by Gasteiger charge is -2.22. The van der Waals surface area contributed by atoms with Crippen LogP contribution >= 0.6 is 0 Å². The number of methoxy groups -OCH3 is 1. The predicted octanol–water partition coefficient (Wildman–Crippen LogP) is 2.41. The van der Waals surface area contributed by atoms with Crippen molar-refractivity contribution in [1.82, 2.24) is 5.32 Å². The first kappa shape index (κ1) is 13.4. The molecule has 1 saturated carbocycles. The summed E-state index contributed by atoms with van der Waals surface area (Å²) in [5, 5.41) is 3.54. The lowest BCUT2D eigenvalue weighted by molar-refractivity contribution is 0.205. The summed E-state index contributed by atoms with van der Waals surface area (Å²) in [4.78, 5) is 2.33. The number of nitrogens with zero attached hydrogens (tertiary/aromatic N) is 1. The summed E-state index contributed by atoms with van der Waals surface area (Å²) < 4.78 is 5.14. The Labute approximate surface area is 110 Å². The highest BCUT2D eigenvalue weighted by Gasteiger charge is 2.19. The Morgan fingerprint density at radius 2 is 2.00 bits per heavy atom. The summed E-state index contributed by atoms with van der Waals surface area (Å²) in [6.07, 6.45) is 2.69. The van der Waals surface area contributed by atoms with Gasteiger partial charge in [-0.25, -0.2) is 0 Å². The number of rotatable bonds is 8. The molecule has 0 saturated heterocycles. The van der Waals surface area contributed by atoms with E-state index in [1.165, 1.54) is 24.1 Å². The lowest BCUT2D eigenvalue weighted by Crippen LogP contribution is -2.26. The molecule has 0 spiro atoms. The number of hydrogen-bond donors (Lipinski definition) is 1. The van der Waals surface area contributed by atoms with Crippen LogP contribution in [0, 0.1) is 0 Å². The van der Waals surface area contributed by atoms with E-state index in [0.717, 1.165) is 32.3 Å². The van der Waals surface area contributed by atoms with Crippen LogP contribution in [0.25, 0.3) is 0 Å². The van der Waals surface area contributed by atoms with Crippen LogP contribution in [0.3, 0.4) is 0 Å². The number of benzene rings is 1. The Hall–Kier alpha value is -1.06. The fourth-order valence-corrected chi connectivity index (χ4v) is 2.05. The van der Waals surface area contributed by atoms with E-state index in [9.17, 15) is 0 Å². The molecule has 1 aromatic carbocycles. The zero-order valence-electron chi connectivity index (χ0n) is 11.5. The van der Waals surface area contributed by atoms with Crippen LogP contribution in [0.15, 0.2) is 24.3 Å². The third-order valence-corrected chi connectivity index (χ3v) is 3.42. The Morgan fingerprint density at radius 1 is 1.28 bits per heavy atom. The van der Waals surface area contributed by atoms with Gasteiger partial charge in [-0.2, -0.15) is 0 Å². The largest absolute Gasteiger partial charge is 0.383 e. The van der Waals surface area contributed by atoms with Crippen molar-refractivity contribution in [3.63, 3.8) is 0 Å². The first-order chi connectivity index (χ1) is 8.83. The second-order valence-electron chi connectivity index (χ2n) is 4.89. The first-order valence-corrected chi connectivity index (χ1v) is 6.89. The van der Waals surface area contributed by atoms with Gasteiger partial charge < -0.3 is 15.0 Å². The molecule has 0 heterocycles. The molecule has 2 rings (SSSR count). The molecule has 100 valence electrons. The highest BCUT2D eigenvalue weighted by Crippen LogP contribution is 2.20. The van der Waals surface area contributed by atoms with Crippen molar-refractivity contribution in [2.24, 2.45) is 0 Å². The van der Waals surface area contributed by atoms with Crippen molar-refractivity contribution in [3.05, 3.63) is 29.8 Å². The van der Waals surface area contributed by atoms with Crippen molar-refractivity contribution in [2.75, 3.05) is 31.7 Å². The molecule has 1 aliphatic carbocycles. The molecule has 0 amide bonds. The number of nitrogens with one attached hydrogen (secondary N) is 1. The maximum atomic E-state index is 5.14. The Morgan fingerprint density at radius 3 is 2.56 bits per heavy atom. The van der Waals surface area contributed by atoms with Gasteiger partial charge in [-0.3, -0.25) is 0 Å². The van der Waals surface area contributed by atoms with Gasteiger partial charge in [0.1, 0.15) is 0 Å². The van der Waals surface area contributed by atoms with Gasteiger partial charge in [0.15, 0.2) is 0 Å². The molecule has 0 aromatic heterocycles. The topological polar surface area (TPSA) is 24.5 Å². The summed E-state index contributed by atoms with van der Waals surface area (Å²) in [5.41, 5.74) is 2.65. The molecule has 18 heavy (non-hydrogen) atoms. The Balaban J connectivity index is 1.87. The Kier molecular flexibility index (Phi) is 5.02. The van der Waals surface area contributed by atoms with E-state index in [-0.39, 0.29) is 0 Å². The lowest BCUT2D eigenvalue weighted by atomic mass is 10.2. The summed E-state index contributed by atoms with van der Waals surface area (Å²) in [6, 6.07) is 9.64. The molecule has 3 heteroatoms. The van der Waals surface area contributed by atoms with Gasteiger partial charge in [0.05, 0.1) is 6.61 Å². The second kappa shape index (κ2) is 6.76. The molecule has 0 radical (unpaired) electrons. The summed E-state index contributed by atoms with van der Waals surface area (Å²) in [5.74, 6) is 0. The zero-order valence-corrected chi connectivity index (χ0v) is 11.5. The summed E-state index contributed by atoms with van der Waals surface area (Å²) in [7, 11) is 1.75. The van der Waals surface area contributed by atoms with Crippen molar-refractivity contribution in [2.45, 2.75) is 32.4 Å². The third kappa shape index (κ3) is 4.00. The minimum Gasteiger partial charge on any atom is -0.383 e.